The summed E-state index contributed by atoms with van der Waals surface area (Å²) < 4.78 is 0. The van der Waals surface area contributed by atoms with Crippen molar-refractivity contribution in [1.82, 2.24) is 15.2 Å². The maximum absolute atomic E-state index is 4.55. The Morgan fingerprint density at radius 1 is 1.33 bits per heavy atom. The van der Waals surface area contributed by atoms with Gasteiger partial charge < -0.3 is 10.2 Å². The molecule has 0 aromatic carbocycles. The molecule has 0 atom stereocenters. The highest BCUT2D eigenvalue weighted by atomic mass is 32.1. The first-order valence-electron chi connectivity index (χ1n) is 6.85. The van der Waals surface area contributed by atoms with Crippen LogP contribution in [-0.4, -0.2) is 48.6 Å². The molecule has 2 heterocycles. The second kappa shape index (κ2) is 6.50. The van der Waals surface area contributed by atoms with Crippen LogP contribution in [0, 0.1) is 0 Å². The van der Waals surface area contributed by atoms with Gasteiger partial charge in [0.05, 0.1) is 0 Å². The number of hydrogen-bond acceptors (Lipinski definition) is 5. The molecule has 0 unspecified atom stereocenters. The van der Waals surface area contributed by atoms with Crippen molar-refractivity contribution in [1.29, 1.82) is 0 Å². The molecular weight excluding hydrogens is 244 g/mol. The highest BCUT2D eigenvalue weighted by Gasteiger charge is 2.20. The van der Waals surface area contributed by atoms with Gasteiger partial charge in [0.1, 0.15) is 0 Å². The van der Waals surface area contributed by atoms with E-state index >= 15 is 0 Å². The molecule has 1 aromatic rings. The molecule has 0 bridgehead atoms. The van der Waals surface area contributed by atoms with Crippen LogP contribution in [0.3, 0.4) is 0 Å². The Balaban J connectivity index is 1.87. The van der Waals surface area contributed by atoms with Gasteiger partial charge in [-0.25, -0.2) is 4.98 Å². The van der Waals surface area contributed by atoms with E-state index in [9.17, 15) is 0 Å². The Labute approximate surface area is 114 Å². The Kier molecular flexibility index (Phi) is 4.97. The van der Waals surface area contributed by atoms with Crippen molar-refractivity contribution in [2.24, 2.45) is 0 Å². The van der Waals surface area contributed by atoms with Crippen molar-refractivity contribution in [3.05, 3.63) is 11.1 Å². The van der Waals surface area contributed by atoms with Crippen molar-refractivity contribution in [2.75, 3.05) is 37.6 Å². The third-order valence-corrected chi connectivity index (χ3v) is 4.46. The van der Waals surface area contributed by atoms with Crippen molar-refractivity contribution in [3.63, 3.8) is 0 Å². The predicted molar refractivity (Wildman–Crippen MR) is 78.4 cm³/mol. The second-order valence-electron chi connectivity index (χ2n) is 5.01. The molecule has 1 aromatic heterocycles. The molecule has 1 aliphatic rings. The zero-order valence-corrected chi connectivity index (χ0v) is 12.5. The molecule has 18 heavy (non-hydrogen) atoms. The molecule has 0 amide bonds. The Morgan fingerprint density at radius 2 is 2.06 bits per heavy atom. The van der Waals surface area contributed by atoms with Gasteiger partial charge in [-0.05, 0) is 20.4 Å². The van der Waals surface area contributed by atoms with E-state index in [0.717, 1.165) is 39.3 Å². The summed E-state index contributed by atoms with van der Waals surface area (Å²) in [5.74, 6) is 0. The third-order valence-electron chi connectivity index (χ3n) is 3.41. The first-order valence-corrected chi connectivity index (χ1v) is 7.66. The van der Waals surface area contributed by atoms with E-state index in [2.05, 4.69) is 40.9 Å². The molecule has 2 rings (SSSR count). The highest BCUT2D eigenvalue weighted by molar-refractivity contribution is 7.15. The smallest absolute Gasteiger partial charge is 0.185 e. The summed E-state index contributed by atoms with van der Waals surface area (Å²) in [4.78, 5) is 10.8. The molecule has 0 spiro atoms. The van der Waals surface area contributed by atoms with Gasteiger partial charge >= 0.3 is 0 Å². The standard InChI is InChI=1S/C13H24N4S/c1-4-14-9-12-10-15-13(18-12)17-7-5-16(6-8-17)11(2)3/h10-11,14H,4-9H2,1-3H3. The lowest BCUT2D eigenvalue weighted by Gasteiger charge is -2.36. The Hall–Kier alpha value is -0.650. The number of anilines is 1. The number of nitrogens with one attached hydrogen (secondary N) is 1. The van der Waals surface area contributed by atoms with Crippen LogP contribution < -0.4 is 10.2 Å². The average molecular weight is 268 g/mol. The zero-order valence-electron chi connectivity index (χ0n) is 11.6. The molecule has 1 fully saturated rings. The number of thiazole rings is 1. The summed E-state index contributed by atoms with van der Waals surface area (Å²) in [7, 11) is 0. The molecule has 1 saturated heterocycles. The summed E-state index contributed by atoms with van der Waals surface area (Å²) in [6.45, 7) is 13.1. The van der Waals surface area contributed by atoms with E-state index in [-0.39, 0.29) is 0 Å². The van der Waals surface area contributed by atoms with E-state index in [4.69, 9.17) is 0 Å². The predicted octanol–water partition coefficient (Wildman–Crippen LogP) is 1.78. The molecule has 0 saturated carbocycles. The topological polar surface area (TPSA) is 31.4 Å². The number of nitrogens with zero attached hydrogens (tertiary/aromatic N) is 3. The minimum Gasteiger partial charge on any atom is -0.346 e. The van der Waals surface area contributed by atoms with Crippen LogP contribution in [0.25, 0.3) is 0 Å². The molecule has 1 N–H and O–H groups in total. The third kappa shape index (κ3) is 3.43. The van der Waals surface area contributed by atoms with E-state index in [1.165, 1.54) is 10.0 Å². The first kappa shape index (κ1) is 13.8. The second-order valence-corrected chi connectivity index (χ2v) is 6.10. The SMILES string of the molecule is CCNCc1cnc(N2CCN(C(C)C)CC2)s1. The van der Waals surface area contributed by atoms with Crippen LogP contribution in [0.2, 0.25) is 0 Å². The van der Waals surface area contributed by atoms with Gasteiger partial charge in [-0.3, -0.25) is 4.90 Å². The molecule has 1 aliphatic heterocycles. The van der Waals surface area contributed by atoms with Gasteiger partial charge in [0.2, 0.25) is 0 Å². The van der Waals surface area contributed by atoms with E-state index in [1.807, 2.05) is 17.5 Å². The molecular formula is C13H24N4S. The van der Waals surface area contributed by atoms with Crippen LogP contribution >= 0.6 is 11.3 Å². The maximum atomic E-state index is 4.55. The minimum absolute atomic E-state index is 0.660. The van der Waals surface area contributed by atoms with Crippen molar-refractivity contribution >= 4 is 16.5 Å². The molecule has 102 valence electrons. The quantitative estimate of drug-likeness (QED) is 0.882. The van der Waals surface area contributed by atoms with Crippen LogP contribution in [0.1, 0.15) is 25.6 Å². The molecule has 0 aliphatic carbocycles. The number of aromatic nitrogens is 1. The van der Waals surface area contributed by atoms with Gasteiger partial charge in [0, 0.05) is 49.8 Å². The van der Waals surface area contributed by atoms with Crippen LogP contribution in [-0.2, 0) is 6.54 Å². The lowest BCUT2D eigenvalue weighted by atomic mass is 10.2. The van der Waals surface area contributed by atoms with E-state index in [0.29, 0.717) is 6.04 Å². The average Bonchev–Trinajstić information content (AvgIpc) is 2.85. The van der Waals surface area contributed by atoms with Gasteiger partial charge in [-0.1, -0.05) is 6.92 Å². The first-order chi connectivity index (χ1) is 8.70. The highest BCUT2D eigenvalue weighted by Crippen LogP contribution is 2.23. The maximum Gasteiger partial charge on any atom is 0.185 e. The Morgan fingerprint density at radius 3 is 2.67 bits per heavy atom. The fourth-order valence-electron chi connectivity index (χ4n) is 2.20. The zero-order chi connectivity index (χ0) is 13.0. The van der Waals surface area contributed by atoms with Crippen LogP contribution in [0.5, 0.6) is 0 Å². The van der Waals surface area contributed by atoms with Crippen molar-refractivity contribution in [3.8, 4) is 0 Å². The van der Waals surface area contributed by atoms with Crippen LogP contribution in [0.4, 0.5) is 5.13 Å². The normalized spacial score (nSPS) is 17.7. The fraction of sp³-hybridized carbons (Fsp3) is 0.769. The number of piperazine rings is 1. The van der Waals surface area contributed by atoms with E-state index < -0.39 is 0 Å². The Bertz CT molecular complexity index is 356. The minimum atomic E-state index is 0.660. The summed E-state index contributed by atoms with van der Waals surface area (Å²) in [6, 6.07) is 0.660. The lowest BCUT2D eigenvalue weighted by molar-refractivity contribution is 0.209. The molecule has 5 heteroatoms. The summed E-state index contributed by atoms with van der Waals surface area (Å²) in [6.07, 6.45) is 2.01. The summed E-state index contributed by atoms with van der Waals surface area (Å²) >= 11 is 1.82. The number of hydrogen-bond donors (Lipinski definition) is 1. The van der Waals surface area contributed by atoms with Gasteiger partial charge in [-0.15, -0.1) is 11.3 Å². The van der Waals surface area contributed by atoms with E-state index in [1.54, 1.807) is 0 Å². The summed E-state index contributed by atoms with van der Waals surface area (Å²) in [5, 5.41) is 4.53. The van der Waals surface area contributed by atoms with Crippen molar-refractivity contribution < 1.29 is 0 Å². The van der Waals surface area contributed by atoms with Gasteiger partial charge in [-0.2, -0.15) is 0 Å². The fourth-order valence-corrected chi connectivity index (χ4v) is 3.13. The van der Waals surface area contributed by atoms with Gasteiger partial charge in [0.25, 0.3) is 0 Å². The monoisotopic (exact) mass is 268 g/mol. The number of rotatable bonds is 5. The molecule has 0 radical (unpaired) electrons. The summed E-state index contributed by atoms with van der Waals surface area (Å²) in [5.41, 5.74) is 0. The molecule has 4 nitrogen and oxygen atoms in total. The largest absolute Gasteiger partial charge is 0.346 e. The van der Waals surface area contributed by atoms with Crippen LogP contribution in [0.15, 0.2) is 6.20 Å². The lowest BCUT2D eigenvalue weighted by Crippen LogP contribution is -2.48. The van der Waals surface area contributed by atoms with Crippen molar-refractivity contribution in [2.45, 2.75) is 33.4 Å². The van der Waals surface area contributed by atoms with Gasteiger partial charge in [0.15, 0.2) is 5.13 Å².